The van der Waals surface area contributed by atoms with Gasteiger partial charge >= 0.3 is 0 Å². The molecule has 0 aliphatic carbocycles. The molecule has 0 aliphatic rings. The molecule has 0 radical (unpaired) electrons. The Morgan fingerprint density at radius 2 is 1.68 bits per heavy atom. The summed E-state index contributed by atoms with van der Waals surface area (Å²) in [5.41, 5.74) is 5.77. The maximum absolute atomic E-state index is 13.2. The summed E-state index contributed by atoms with van der Waals surface area (Å²) in [7, 11) is -2.69. The molecule has 0 heterocycles. The minimum Gasteiger partial charge on any atom is -0.497 e. The summed E-state index contributed by atoms with van der Waals surface area (Å²) in [6.07, 6.45) is 1.55. The minimum absolute atomic E-state index is 0.0829. The average Bonchev–Trinajstić information content (AvgIpc) is 2.97. The molecule has 0 unspecified atom stereocenters. The number of sulfonamides is 1. The average molecular weight is 560 g/mol. The van der Waals surface area contributed by atoms with Crippen LogP contribution in [0.5, 0.6) is 5.75 Å². The van der Waals surface area contributed by atoms with Crippen molar-refractivity contribution in [1.82, 2.24) is 0 Å². The first-order chi connectivity index (χ1) is 19.3. The van der Waals surface area contributed by atoms with Crippen molar-refractivity contribution in [2.24, 2.45) is 5.10 Å². The van der Waals surface area contributed by atoms with Crippen molar-refractivity contribution in [3.05, 3.63) is 118 Å². The Morgan fingerprint density at radius 3 is 2.30 bits per heavy atom. The van der Waals surface area contributed by atoms with E-state index >= 15 is 0 Å². The van der Waals surface area contributed by atoms with Crippen LogP contribution in [0.2, 0.25) is 0 Å². The Morgan fingerprint density at radius 1 is 0.975 bits per heavy atom. The zero-order valence-electron chi connectivity index (χ0n) is 22.0. The van der Waals surface area contributed by atoms with Gasteiger partial charge in [-0.2, -0.15) is 5.10 Å². The van der Waals surface area contributed by atoms with Crippen LogP contribution in [0.25, 0.3) is 0 Å². The van der Waals surface area contributed by atoms with Gasteiger partial charge in [0.1, 0.15) is 10.6 Å². The van der Waals surface area contributed by atoms with Crippen LogP contribution in [-0.4, -0.2) is 33.2 Å². The SMILES string of the molecule is CCN(Cc1ccccc1)c1ccc(C=NNc2ccc([N+](=O)[O-])cc2S(=O)(=O)Nc2ccc(OC)cc2)cc1. The molecule has 11 heteroatoms. The van der Waals surface area contributed by atoms with Crippen LogP contribution in [0, 0.1) is 10.1 Å². The molecule has 0 aliphatic heterocycles. The second kappa shape index (κ2) is 12.8. The maximum Gasteiger partial charge on any atom is 0.270 e. The molecule has 0 amide bonds. The number of hydrogen-bond donors (Lipinski definition) is 2. The molecule has 206 valence electrons. The topological polar surface area (TPSA) is 126 Å². The molecule has 0 saturated heterocycles. The van der Waals surface area contributed by atoms with Gasteiger partial charge in [-0.05, 0) is 60.5 Å². The third kappa shape index (κ3) is 7.14. The first kappa shape index (κ1) is 28.1. The highest BCUT2D eigenvalue weighted by molar-refractivity contribution is 7.92. The lowest BCUT2D eigenvalue weighted by molar-refractivity contribution is -0.385. The molecule has 4 aromatic carbocycles. The lowest BCUT2D eigenvalue weighted by Gasteiger charge is -2.23. The van der Waals surface area contributed by atoms with Crippen molar-refractivity contribution < 1.29 is 18.1 Å². The molecule has 2 N–H and O–H groups in total. The fourth-order valence-electron chi connectivity index (χ4n) is 3.95. The second-order valence-corrected chi connectivity index (χ2v) is 10.4. The van der Waals surface area contributed by atoms with Crippen molar-refractivity contribution in [2.45, 2.75) is 18.4 Å². The number of nitrogens with zero attached hydrogens (tertiary/aromatic N) is 3. The van der Waals surface area contributed by atoms with E-state index in [4.69, 9.17) is 4.74 Å². The van der Waals surface area contributed by atoms with Crippen molar-refractivity contribution in [1.29, 1.82) is 0 Å². The Labute approximate surface area is 233 Å². The standard InChI is InChI=1S/C29H29N5O5S/c1-3-33(21-23-7-5-4-6-8-23)25-13-9-22(10-14-25)20-30-31-28-18-15-26(34(35)36)19-29(28)40(37,38)32-24-11-16-27(39-2)17-12-24/h4-20,31-32H,3,21H2,1-2H3. The van der Waals surface area contributed by atoms with Crippen molar-refractivity contribution in [3.8, 4) is 5.75 Å². The van der Waals surface area contributed by atoms with Crippen LogP contribution in [0.4, 0.5) is 22.7 Å². The van der Waals surface area contributed by atoms with Crippen molar-refractivity contribution in [2.75, 3.05) is 28.7 Å². The van der Waals surface area contributed by atoms with Gasteiger partial charge in [0, 0.05) is 36.6 Å². The summed E-state index contributed by atoms with van der Waals surface area (Å²) in [5, 5.41) is 15.5. The Bertz CT molecular complexity index is 1580. The second-order valence-electron chi connectivity index (χ2n) is 8.73. The highest BCUT2D eigenvalue weighted by Crippen LogP contribution is 2.29. The van der Waals surface area contributed by atoms with Gasteiger partial charge in [-0.3, -0.25) is 20.3 Å². The van der Waals surface area contributed by atoms with Crippen LogP contribution in [0.3, 0.4) is 0 Å². The van der Waals surface area contributed by atoms with Gasteiger partial charge in [-0.15, -0.1) is 0 Å². The number of methoxy groups -OCH3 is 1. The fraction of sp³-hybridized carbons (Fsp3) is 0.138. The lowest BCUT2D eigenvalue weighted by Crippen LogP contribution is -2.21. The molecule has 0 aromatic heterocycles. The monoisotopic (exact) mass is 559 g/mol. The van der Waals surface area contributed by atoms with Gasteiger partial charge in [0.05, 0.1) is 23.9 Å². The van der Waals surface area contributed by atoms with Crippen molar-refractivity contribution >= 4 is 39.0 Å². The van der Waals surface area contributed by atoms with E-state index < -0.39 is 14.9 Å². The summed E-state index contributed by atoms with van der Waals surface area (Å²) in [5.74, 6) is 0.557. The molecular weight excluding hydrogens is 530 g/mol. The molecule has 0 fully saturated rings. The highest BCUT2D eigenvalue weighted by atomic mass is 32.2. The van der Waals surface area contributed by atoms with E-state index in [0.717, 1.165) is 30.4 Å². The van der Waals surface area contributed by atoms with E-state index in [-0.39, 0.29) is 22.0 Å². The van der Waals surface area contributed by atoms with E-state index in [0.29, 0.717) is 5.75 Å². The number of hydrogen-bond acceptors (Lipinski definition) is 8. The number of non-ortho nitro benzene ring substituents is 1. The highest BCUT2D eigenvalue weighted by Gasteiger charge is 2.23. The Balaban J connectivity index is 1.51. The van der Waals surface area contributed by atoms with Gasteiger partial charge in [-0.1, -0.05) is 42.5 Å². The van der Waals surface area contributed by atoms with E-state index in [2.05, 4.69) is 39.2 Å². The number of nitro benzene ring substituents is 1. The third-order valence-electron chi connectivity index (χ3n) is 6.06. The van der Waals surface area contributed by atoms with Crippen LogP contribution in [0.15, 0.2) is 107 Å². The molecule has 0 saturated carbocycles. The number of ether oxygens (including phenoxy) is 1. The molecule has 10 nitrogen and oxygen atoms in total. The first-order valence-corrected chi connectivity index (χ1v) is 13.9. The maximum atomic E-state index is 13.2. The van der Waals surface area contributed by atoms with Gasteiger partial charge in [0.15, 0.2) is 0 Å². The lowest BCUT2D eigenvalue weighted by atomic mass is 10.1. The normalized spacial score (nSPS) is 11.2. The number of hydrazone groups is 1. The number of rotatable bonds is 12. The predicted octanol–water partition coefficient (Wildman–Crippen LogP) is 5.88. The van der Waals surface area contributed by atoms with E-state index in [1.54, 1.807) is 18.3 Å². The number of anilines is 3. The summed E-state index contributed by atoms with van der Waals surface area (Å²) in [6, 6.07) is 27.8. The molecule has 0 atom stereocenters. The largest absolute Gasteiger partial charge is 0.497 e. The summed E-state index contributed by atoms with van der Waals surface area (Å²) >= 11 is 0. The smallest absolute Gasteiger partial charge is 0.270 e. The molecular formula is C29H29N5O5S. The quantitative estimate of drug-likeness (QED) is 0.126. The molecule has 40 heavy (non-hydrogen) atoms. The predicted molar refractivity (Wildman–Crippen MR) is 158 cm³/mol. The zero-order chi connectivity index (χ0) is 28.5. The van der Waals surface area contributed by atoms with Crippen LogP contribution in [-0.2, 0) is 16.6 Å². The molecule has 0 bridgehead atoms. The Hall–Kier alpha value is -4.90. The fourth-order valence-corrected chi connectivity index (χ4v) is 5.18. The number of nitrogens with one attached hydrogen (secondary N) is 2. The van der Waals surface area contributed by atoms with Gasteiger partial charge in [-0.25, -0.2) is 8.42 Å². The van der Waals surface area contributed by atoms with Gasteiger partial charge in [0.25, 0.3) is 15.7 Å². The van der Waals surface area contributed by atoms with Crippen LogP contribution >= 0.6 is 0 Å². The summed E-state index contributed by atoms with van der Waals surface area (Å²) in [6.45, 7) is 3.72. The first-order valence-electron chi connectivity index (χ1n) is 12.4. The van der Waals surface area contributed by atoms with E-state index in [1.165, 1.54) is 36.9 Å². The minimum atomic E-state index is -4.20. The van der Waals surface area contributed by atoms with Gasteiger partial charge < -0.3 is 9.64 Å². The zero-order valence-corrected chi connectivity index (χ0v) is 22.8. The number of benzene rings is 4. The summed E-state index contributed by atoms with van der Waals surface area (Å²) < 4.78 is 33.9. The Kier molecular flexibility index (Phi) is 8.97. The van der Waals surface area contributed by atoms with Crippen molar-refractivity contribution in [3.63, 3.8) is 0 Å². The van der Waals surface area contributed by atoms with Crippen LogP contribution in [0.1, 0.15) is 18.1 Å². The molecule has 0 spiro atoms. The number of nitro groups is 1. The van der Waals surface area contributed by atoms with Gasteiger partial charge in [0.2, 0.25) is 0 Å². The molecule has 4 aromatic rings. The van der Waals surface area contributed by atoms with E-state index in [9.17, 15) is 18.5 Å². The molecule has 4 rings (SSSR count). The summed E-state index contributed by atoms with van der Waals surface area (Å²) in [4.78, 5) is 12.6. The van der Waals surface area contributed by atoms with Crippen LogP contribution < -0.4 is 19.8 Å². The van der Waals surface area contributed by atoms with E-state index in [1.807, 2.05) is 42.5 Å². The third-order valence-corrected chi connectivity index (χ3v) is 7.48.